The van der Waals surface area contributed by atoms with E-state index in [9.17, 15) is 23.1 Å². The van der Waals surface area contributed by atoms with E-state index in [2.05, 4.69) is 15.4 Å². The molecule has 0 fully saturated rings. The summed E-state index contributed by atoms with van der Waals surface area (Å²) in [5.41, 5.74) is 2.03. The Morgan fingerprint density at radius 1 is 1.19 bits per heavy atom. The van der Waals surface area contributed by atoms with Crippen molar-refractivity contribution in [1.29, 1.82) is 0 Å². The van der Waals surface area contributed by atoms with Gasteiger partial charge in [0.05, 0.1) is 11.7 Å². The predicted molar refractivity (Wildman–Crippen MR) is 92.2 cm³/mol. The zero-order valence-corrected chi connectivity index (χ0v) is 14.3. The SMILES string of the molecule is O=C(NCC(O)[C@@H]1Cc2ccccc2CN1)c1ccccc1OC(F)(F)F. The number of benzene rings is 2. The largest absolute Gasteiger partial charge is 0.573 e. The summed E-state index contributed by atoms with van der Waals surface area (Å²) in [4.78, 5) is 12.2. The molecule has 0 spiro atoms. The van der Waals surface area contributed by atoms with Crippen LogP contribution in [0.1, 0.15) is 21.5 Å². The molecule has 5 nitrogen and oxygen atoms in total. The molecule has 1 aliphatic rings. The van der Waals surface area contributed by atoms with Crippen molar-refractivity contribution in [3.05, 3.63) is 65.2 Å². The Balaban J connectivity index is 1.60. The van der Waals surface area contributed by atoms with Crippen molar-refractivity contribution < 1.29 is 27.8 Å². The Morgan fingerprint density at radius 2 is 1.85 bits per heavy atom. The van der Waals surface area contributed by atoms with Gasteiger partial charge >= 0.3 is 6.36 Å². The van der Waals surface area contributed by atoms with Gasteiger partial charge in [0.25, 0.3) is 5.91 Å². The predicted octanol–water partition coefficient (Wildman–Crippen LogP) is 2.39. The first-order valence-corrected chi connectivity index (χ1v) is 8.44. The Hall–Kier alpha value is -2.58. The van der Waals surface area contributed by atoms with E-state index in [4.69, 9.17) is 0 Å². The van der Waals surface area contributed by atoms with Crippen LogP contribution in [0, 0.1) is 0 Å². The number of ether oxygens (including phenoxy) is 1. The summed E-state index contributed by atoms with van der Waals surface area (Å²) in [6, 6.07) is 12.7. The van der Waals surface area contributed by atoms with E-state index >= 15 is 0 Å². The molecular weight excluding hydrogens is 361 g/mol. The highest BCUT2D eigenvalue weighted by molar-refractivity contribution is 5.96. The third-order valence-corrected chi connectivity index (χ3v) is 4.41. The number of nitrogens with one attached hydrogen (secondary N) is 2. The van der Waals surface area contributed by atoms with Crippen LogP contribution in [0.15, 0.2) is 48.5 Å². The second-order valence-corrected chi connectivity index (χ2v) is 6.28. The minimum absolute atomic E-state index is 0.0982. The highest BCUT2D eigenvalue weighted by Gasteiger charge is 2.33. The summed E-state index contributed by atoms with van der Waals surface area (Å²) in [7, 11) is 0. The van der Waals surface area contributed by atoms with Crippen LogP contribution in [0.4, 0.5) is 13.2 Å². The maximum Gasteiger partial charge on any atom is 0.573 e. The van der Waals surface area contributed by atoms with Crippen LogP contribution in [-0.4, -0.2) is 36.1 Å². The molecule has 0 aromatic heterocycles. The van der Waals surface area contributed by atoms with E-state index in [0.717, 1.165) is 17.2 Å². The highest BCUT2D eigenvalue weighted by atomic mass is 19.4. The van der Waals surface area contributed by atoms with Gasteiger partial charge in [0, 0.05) is 19.1 Å². The van der Waals surface area contributed by atoms with Crippen molar-refractivity contribution in [2.45, 2.75) is 31.5 Å². The summed E-state index contributed by atoms with van der Waals surface area (Å²) in [5, 5.41) is 16.0. The number of halogens is 3. The van der Waals surface area contributed by atoms with Gasteiger partial charge in [-0.1, -0.05) is 36.4 Å². The molecule has 1 amide bonds. The first kappa shape index (κ1) is 19.2. The summed E-state index contributed by atoms with van der Waals surface area (Å²) < 4.78 is 41.3. The number of rotatable bonds is 5. The lowest BCUT2D eigenvalue weighted by atomic mass is 9.93. The maximum absolute atomic E-state index is 12.5. The number of carbonyl (C=O) groups excluding carboxylic acids is 1. The van der Waals surface area contributed by atoms with Crippen molar-refractivity contribution in [2.75, 3.05) is 6.54 Å². The lowest BCUT2D eigenvalue weighted by Crippen LogP contribution is -2.49. The minimum atomic E-state index is -4.89. The van der Waals surface area contributed by atoms with Gasteiger partial charge in [0.15, 0.2) is 0 Å². The molecule has 8 heteroatoms. The molecule has 0 radical (unpaired) electrons. The second kappa shape index (κ2) is 7.98. The third kappa shape index (κ3) is 4.99. The number of aliphatic hydroxyl groups is 1. The van der Waals surface area contributed by atoms with Gasteiger partial charge in [-0.2, -0.15) is 0 Å². The molecule has 27 heavy (non-hydrogen) atoms. The van der Waals surface area contributed by atoms with Gasteiger partial charge in [-0.05, 0) is 29.7 Å². The van der Waals surface area contributed by atoms with E-state index in [0.29, 0.717) is 13.0 Å². The average Bonchev–Trinajstić information content (AvgIpc) is 2.64. The summed E-state index contributed by atoms with van der Waals surface area (Å²) in [5.74, 6) is -1.33. The van der Waals surface area contributed by atoms with Gasteiger partial charge in [0.1, 0.15) is 5.75 Å². The number of alkyl halides is 3. The second-order valence-electron chi connectivity index (χ2n) is 6.28. The fourth-order valence-corrected chi connectivity index (χ4v) is 3.05. The van der Waals surface area contributed by atoms with Crippen molar-refractivity contribution in [2.24, 2.45) is 0 Å². The van der Waals surface area contributed by atoms with Crippen LogP contribution < -0.4 is 15.4 Å². The van der Waals surface area contributed by atoms with E-state index in [-0.39, 0.29) is 18.2 Å². The normalized spacial score (nSPS) is 17.7. The molecule has 0 saturated heterocycles. The van der Waals surface area contributed by atoms with Crippen molar-refractivity contribution in [1.82, 2.24) is 10.6 Å². The van der Waals surface area contributed by atoms with Gasteiger partial charge in [0.2, 0.25) is 0 Å². The molecule has 2 aromatic carbocycles. The zero-order valence-electron chi connectivity index (χ0n) is 14.3. The maximum atomic E-state index is 12.5. The third-order valence-electron chi connectivity index (χ3n) is 4.41. The molecule has 0 bridgehead atoms. The molecule has 144 valence electrons. The van der Waals surface area contributed by atoms with E-state index in [1.807, 2.05) is 24.3 Å². The monoisotopic (exact) mass is 380 g/mol. The first-order valence-electron chi connectivity index (χ1n) is 8.44. The van der Waals surface area contributed by atoms with Crippen LogP contribution in [0.3, 0.4) is 0 Å². The lowest BCUT2D eigenvalue weighted by molar-refractivity contribution is -0.274. The van der Waals surface area contributed by atoms with E-state index in [1.165, 1.54) is 18.2 Å². The number of fused-ring (bicyclic) bond motifs is 1. The molecule has 0 saturated carbocycles. The van der Waals surface area contributed by atoms with E-state index in [1.54, 1.807) is 0 Å². The molecule has 1 aliphatic heterocycles. The molecule has 1 heterocycles. The van der Waals surface area contributed by atoms with Gasteiger partial charge in [-0.25, -0.2) is 0 Å². The van der Waals surface area contributed by atoms with E-state index < -0.39 is 24.1 Å². The Bertz CT molecular complexity index is 811. The summed E-state index contributed by atoms with van der Waals surface area (Å²) in [6.45, 7) is 0.507. The van der Waals surface area contributed by atoms with Crippen LogP contribution in [0.2, 0.25) is 0 Å². The molecule has 2 atom stereocenters. The molecule has 1 unspecified atom stereocenters. The zero-order chi connectivity index (χ0) is 19.4. The smallest absolute Gasteiger partial charge is 0.405 e. The number of hydrogen-bond donors (Lipinski definition) is 3. The van der Waals surface area contributed by atoms with Crippen molar-refractivity contribution in [3.63, 3.8) is 0 Å². The fourth-order valence-electron chi connectivity index (χ4n) is 3.05. The summed E-state index contributed by atoms with van der Waals surface area (Å²) >= 11 is 0. The molecule has 3 N–H and O–H groups in total. The molecule has 0 aliphatic carbocycles. The molecule has 3 rings (SSSR count). The number of carbonyl (C=O) groups is 1. The fraction of sp³-hybridized carbons (Fsp3) is 0.316. The number of amides is 1. The lowest BCUT2D eigenvalue weighted by Gasteiger charge is -2.30. The minimum Gasteiger partial charge on any atom is -0.405 e. The number of aliphatic hydroxyl groups excluding tert-OH is 1. The van der Waals surface area contributed by atoms with Crippen molar-refractivity contribution >= 4 is 5.91 Å². The van der Waals surface area contributed by atoms with Crippen LogP contribution in [0.5, 0.6) is 5.75 Å². The van der Waals surface area contributed by atoms with Crippen LogP contribution in [0.25, 0.3) is 0 Å². The van der Waals surface area contributed by atoms with Gasteiger partial charge in [-0.3, -0.25) is 4.79 Å². The van der Waals surface area contributed by atoms with Crippen molar-refractivity contribution in [3.8, 4) is 5.75 Å². The standard InChI is InChI=1S/C19H19F3N2O3/c20-19(21,22)27-17-8-4-3-7-14(17)18(26)24-11-16(25)15-9-12-5-1-2-6-13(12)10-23-15/h1-8,15-16,23,25H,9-11H2,(H,24,26)/t15-,16?/m0/s1. The number of hydrogen-bond acceptors (Lipinski definition) is 4. The Morgan fingerprint density at radius 3 is 2.59 bits per heavy atom. The highest BCUT2D eigenvalue weighted by Crippen LogP contribution is 2.26. The molecular formula is C19H19F3N2O3. The summed E-state index contributed by atoms with van der Waals surface area (Å²) in [6.07, 6.45) is -5.19. The van der Waals surface area contributed by atoms with Gasteiger partial charge in [-0.15, -0.1) is 13.2 Å². The quantitative estimate of drug-likeness (QED) is 0.745. The number of para-hydroxylation sites is 1. The average molecular weight is 380 g/mol. The van der Waals surface area contributed by atoms with Gasteiger partial charge < -0.3 is 20.5 Å². The molecule has 2 aromatic rings. The first-order chi connectivity index (χ1) is 12.8. The topological polar surface area (TPSA) is 70.6 Å². The Labute approximate surface area is 154 Å². The van der Waals surface area contributed by atoms with Crippen LogP contribution >= 0.6 is 0 Å². The Kier molecular flexibility index (Phi) is 5.67. The van der Waals surface area contributed by atoms with Crippen LogP contribution in [-0.2, 0) is 13.0 Å².